The number of nitrogens with one attached hydrogen (secondary N) is 1. The minimum absolute atomic E-state index is 0.0254. The van der Waals surface area contributed by atoms with E-state index in [2.05, 4.69) is 5.32 Å². The largest absolute Gasteiger partial charge is 0.481 e. The van der Waals surface area contributed by atoms with Gasteiger partial charge < -0.3 is 16.2 Å². The molecular formula is C15H26N2O3. The molecular weight excluding hydrogens is 256 g/mol. The molecule has 20 heavy (non-hydrogen) atoms. The zero-order chi connectivity index (χ0) is 14.6. The van der Waals surface area contributed by atoms with E-state index in [-0.39, 0.29) is 24.3 Å². The predicted molar refractivity (Wildman–Crippen MR) is 76.1 cm³/mol. The van der Waals surface area contributed by atoms with Crippen LogP contribution in [0.5, 0.6) is 0 Å². The van der Waals surface area contributed by atoms with E-state index in [1.54, 1.807) is 0 Å². The van der Waals surface area contributed by atoms with Gasteiger partial charge >= 0.3 is 5.97 Å². The van der Waals surface area contributed by atoms with E-state index in [1.165, 1.54) is 0 Å². The monoisotopic (exact) mass is 282 g/mol. The fourth-order valence-electron chi connectivity index (χ4n) is 3.70. The van der Waals surface area contributed by atoms with Crippen LogP contribution in [0.15, 0.2) is 0 Å². The van der Waals surface area contributed by atoms with Crippen molar-refractivity contribution in [1.29, 1.82) is 0 Å². The first-order valence-corrected chi connectivity index (χ1v) is 7.82. The van der Waals surface area contributed by atoms with Crippen molar-refractivity contribution in [2.75, 3.05) is 0 Å². The molecule has 0 radical (unpaired) electrons. The van der Waals surface area contributed by atoms with Crippen molar-refractivity contribution in [3.05, 3.63) is 0 Å². The van der Waals surface area contributed by atoms with Gasteiger partial charge in [0.25, 0.3) is 0 Å². The third kappa shape index (κ3) is 3.72. The number of carbonyl (C=O) groups excluding carboxylic acids is 1. The second kappa shape index (κ2) is 6.57. The molecule has 5 nitrogen and oxygen atoms in total. The summed E-state index contributed by atoms with van der Waals surface area (Å²) in [4.78, 5) is 23.6. The van der Waals surface area contributed by atoms with Crippen molar-refractivity contribution < 1.29 is 14.7 Å². The Morgan fingerprint density at radius 3 is 2.40 bits per heavy atom. The summed E-state index contributed by atoms with van der Waals surface area (Å²) in [6, 6.07) is -0.0826. The number of hydrogen-bond acceptors (Lipinski definition) is 3. The topological polar surface area (TPSA) is 92.4 Å². The number of hydrogen-bond donors (Lipinski definition) is 3. The van der Waals surface area contributed by atoms with Gasteiger partial charge in [0.1, 0.15) is 0 Å². The highest BCUT2D eigenvalue weighted by molar-refractivity contribution is 5.81. The summed E-state index contributed by atoms with van der Waals surface area (Å²) in [5, 5.41) is 12.1. The Kier molecular flexibility index (Phi) is 5.02. The summed E-state index contributed by atoms with van der Waals surface area (Å²) in [5.41, 5.74) is 5.59. The van der Waals surface area contributed by atoms with Crippen molar-refractivity contribution in [2.45, 2.75) is 75.8 Å². The smallest absolute Gasteiger partial charge is 0.305 e. The quantitative estimate of drug-likeness (QED) is 0.685. The van der Waals surface area contributed by atoms with Gasteiger partial charge in [-0.1, -0.05) is 32.1 Å². The summed E-state index contributed by atoms with van der Waals surface area (Å²) >= 11 is 0. The maximum Gasteiger partial charge on any atom is 0.305 e. The minimum Gasteiger partial charge on any atom is -0.481 e. The lowest BCUT2D eigenvalue weighted by Gasteiger charge is -2.32. The molecule has 0 aliphatic heterocycles. The number of carbonyl (C=O) groups is 2. The first kappa shape index (κ1) is 15.3. The van der Waals surface area contributed by atoms with Crippen LogP contribution in [0.4, 0.5) is 0 Å². The third-order valence-electron chi connectivity index (χ3n) is 4.84. The molecule has 0 aromatic rings. The zero-order valence-corrected chi connectivity index (χ0v) is 12.1. The first-order valence-electron chi connectivity index (χ1n) is 7.82. The number of rotatable bonds is 4. The van der Waals surface area contributed by atoms with Crippen molar-refractivity contribution in [3.8, 4) is 0 Å². The lowest BCUT2D eigenvalue weighted by Crippen LogP contribution is -2.52. The molecule has 0 bridgehead atoms. The molecule has 2 fully saturated rings. The summed E-state index contributed by atoms with van der Waals surface area (Å²) < 4.78 is 0. The lowest BCUT2D eigenvalue weighted by atomic mass is 9.89. The van der Waals surface area contributed by atoms with Gasteiger partial charge in [0.2, 0.25) is 5.91 Å². The van der Waals surface area contributed by atoms with Crippen molar-refractivity contribution in [3.63, 3.8) is 0 Å². The van der Waals surface area contributed by atoms with Crippen LogP contribution in [0.3, 0.4) is 0 Å². The van der Waals surface area contributed by atoms with Gasteiger partial charge in [-0.15, -0.1) is 0 Å². The summed E-state index contributed by atoms with van der Waals surface area (Å²) in [6.07, 6.45) is 8.54. The Labute approximate surface area is 120 Å². The van der Waals surface area contributed by atoms with E-state index in [0.717, 1.165) is 57.8 Å². The minimum atomic E-state index is -0.836. The predicted octanol–water partition coefficient (Wildman–Crippen LogP) is 1.80. The molecule has 4 N–H and O–H groups in total. The van der Waals surface area contributed by atoms with Crippen LogP contribution in [-0.2, 0) is 9.59 Å². The second-order valence-corrected chi connectivity index (χ2v) is 6.46. The van der Waals surface area contributed by atoms with E-state index in [9.17, 15) is 9.59 Å². The molecule has 0 spiro atoms. The molecule has 114 valence electrons. The highest BCUT2D eigenvalue weighted by Crippen LogP contribution is 2.33. The summed E-state index contributed by atoms with van der Waals surface area (Å²) in [6.45, 7) is 0. The fraction of sp³-hybridized carbons (Fsp3) is 0.867. The standard InChI is InChI=1S/C15H26N2O3/c16-12-7-3-1-2-6-11(12)14(20)17-15(10-13(18)19)8-4-5-9-15/h11-12H,1-10,16H2,(H,17,20)(H,18,19). The summed E-state index contributed by atoms with van der Waals surface area (Å²) in [5.74, 6) is -1.01. The molecule has 0 heterocycles. The molecule has 0 saturated heterocycles. The molecule has 2 rings (SSSR count). The Morgan fingerprint density at radius 1 is 1.10 bits per heavy atom. The Balaban J connectivity index is 2.02. The van der Waals surface area contributed by atoms with E-state index in [0.29, 0.717) is 0 Å². The van der Waals surface area contributed by atoms with Gasteiger partial charge in [-0.3, -0.25) is 9.59 Å². The zero-order valence-electron chi connectivity index (χ0n) is 12.1. The molecule has 2 aliphatic rings. The van der Waals surface area contributed by atoms with E-state index < -0.39 is 11.5 Å². The number of carboxylic acids is 1. The van der Waals surface area contributed by atoms with Crippen molar-refractivity contribution in [2.24, 2.45) is 11.7 Å². The van der Waals surface area contributed by atoms with Crippen molar-refractivity contribution in [1.82, 2.24) is 5.32 Å². The fourth-order valence-corrected chi connectivity index (χ4v) is 3.70. The molecule has 2 aliphatic carbocycles. The molecule has 5 heteroatoms. The molecule has 2 atom stereocenters. The first-order chi connectivity index (χ1) is 9.52. The maximum absolute atomic E-state index is 12.5. The van der Waals surface area contributed by atoms with Crippen LogP contribution in [-0.4, -0.2) is 28.6 Å². The normalized spacial score (nSPS) is 29.6. The number of nitrogens with two attached hydrogens (primary N) is 1. The second-order valence-electron chi connectivity index (χ2n) is 6.46. The molecule has 2 unspecified atom stereocenters. The van der Waals surface area contributed by atoms with Gasteiger partial charge in [0.05, 0.1) is 17.9 Å². The van der Waals surface area contributed by atoms with Crippen LogP contribution in [0.25, 0.3) is 0 Å². The van der Waals surface area contributed by atoms with E-state index in [1.807, 2.05) is 0 Å². The van der Waals surface area contributed by atoms with Crippen LogP contribution in [0, 0.1) is 5.92 Å². The average Bonchev–Trinajstić information content (AvgIpc) is 2.68. The van der Waals surface area contributed by atoms with Gasteiger partial charge in [-0.05, 0) is 25.7 Å². The number of aliphatic carboxylic acids is 1. The van der Waals surface area contributed by atoms with Crippen molar-refractivity contribution >= 4 is 11.9 Å². The van der Waals surface area contributed by atoms with Crippen LogP contribution in [0.2, 0.25) is 0 Å². The van der Waals surface area contributed by atoms with Crippen LogP contribution >= 0.6 is 0 Å². The van der Waals surface area contributed by atoms with Crippen LogP contribution < -0.4 is 11.1 Å². The summed E-state index contributed by atoms with van der Waals surface area (Å²) in [7, 11) is 0. The van der Waals surface area contributed by atoms with Gasteiger partial charge in [0.15, 0.2) is 0 Å². The number of carboxylic acid groups (broad SMARTS) is 1. The molecule has 2 saturated carbocycles. The Hall–Kier alpha value is -1.10. The van der Waals surface area contributed by atoms with Gasteiger partial charge in [-0.25, -0.2) is 0 Å². The number of amides is 1. The van der Waals surface area contributed by atoms with Gasteiger partial charge in [0, 0.05) is 6.04 Å². The Morgan fingerprint density at radius 2 is 1.75 bits per heavy atom. The molecule has 0 aromatic heterocycles. The maximum atomic E-state index is 12.5. The molecule has 1 amide bonds. The molecule has 0 aromatic carbocycles. The van der Waals surface area contributed by atoms with Crippen LogP contribution in [0.1, 0.15) is 64.2 Å². The third-order valence-corrected chi connectivity index (χ3v) is 4.84. The van der Waals surface area contributed by atoms with E-state index in [4.69, 9.17) is 10.8 Å². The van der Waals surface area contributed by atoms with Gasteiger partial charge in [-0.2, -0.15) is 0 Å². The lowest BCUT2D eigenvalue weighted by molar-refractivity contribution is -0.139. The highest BCUT2D eigenvalue weighted by Gasteiger charge is 2.39. The SMILES string of the molecule is NC1CCCCCC1C(=O)NC1(CC(=O)O)CCCC1. The highest BCUT2D eigenvalue weighted by atomic mass is 16.4. The van der Waals surface area contributed by atoms with E-state index >= 15 is 0 Å². The Bertz CT molecular complexity index is 364. The average molecular weight is 282 g/mol.